The minimum absolute atomic E-state index is 0. The van der Waals surface area contributed by atoms with Crippen molar-refractivity contribution < 1.29 is 44.1 Å². The Hall–Kier alpha value is -2.93. The van der Waals surface area contributed by atoms with E-state index in [2.05, 4.69) is 10.2 Å². The van der Waals surface area contributed by atoms with Crippen molar-refractivity contribution in [2.24, 2.45) is 0 Å². The van der Waals surface area contributed by atoms with Crippen LogP contribution < -0.4 is 5.48 Å². The number of nitrogens with zero attached hydrogens (tertiary/aromatic N) is 3. The number of nitrogens with one attached hydrogen (secondary N) is 1. The fourth-order valence-corrected chi connectivity index (χ4v) is 4.26. The molecule has 0 aromatic rings. The summed E-state index contributed by atoms with van der Waals surface area (Å²) < 4.78 is 24.0. The zero-order valence-corrected chi connectivity index (χ0v) is 20.6. The summed E-state index contributed by atoms with van der Waals surface area (Å²) in [5, 5.41) is 0.733. The molecular formula is C22H35FN4O8. The van der Waals surface area contributed by atoms with Gasteiger partial charge in [-0.1, -0.05) is 6.08 Å². The quantitative estimate of drug-likeness (QED) is 0.303. The maximum Gasteiger partial charge on any atom is 0.410 e. The first-order chi connectivity index (χ1) is 16.4. The summed E-state index contributed by atoms with van der Waals surface area (Å²) in [5.41, 5.74) is 2.26. The lowest BCUT2D eigenvalue weighted by atomic mass is 10.0. The smallest absolute Gasteiger partial charge is 0.410 e. The number of amides is 4. The van der Waals surface area contributed by atoms with Crippen LogP contribution in [-0.2, 0) is 28.7 Å². The minimum Gasteiger partial charge on any atom is -0.462 e. The van der Waals surface area contributed by atoms with Gasteiger partial charge in [0, 0.05) is 7.97 Å². The van der Waals surface area contributed by atoms with Crippen LogP contribution in [0, 0.1) is 0 Å². The third-order valence-corrected chi connectivity index (χ3v) is 5.70. The van der Waals surface area contributed by atoms with Gasteiger partial charge >= 0.3 is 24.5 Å². The van der Waals surface area contributed by atoms with Crippen LogP contribution >= 0.6 is 0 Å². The second kappa shape index (κ2) is 10.8. The molecule has 35 heavy (non-hydrogen) atoms. The molecule has 3 rings (SSSR count). The van der Waals surface area contributed by atoms with E-state index in [4.69, 9.17) is 14.4 Å². The molecular weight excluding hydrogens is 467 g/mol. The summed E-state index contributed by atoms with van der Waals surface area (Å²) in [7, 11) is 0. The molecule has 3 aliphatic heterocycles. The van der Waals surface area contributed by atoms with Crippen molar-refractivity contribution in [1.29, 1.82) is 0 Å². The third-order valence-electron chi connectivity index (χ3n) is 5.70. The first-order valence-corrected chi connectivity index (χ1v) is 11.6. The van der Waals surface area contributed by atoms with Crippen LogP contribution in [0.1, 0.15) is 48.9 Å². The van der Waals surface area contributed by atoms with Crippen molar-refractivity contribution in [3.05, 3.63) is 11.6 Å². The van der Waals surface area contributed by atoms with E-state index in [1.807, 2.05) is 0 Å². The van der Waals surface area contributed by atoms with Gasteiger partial charge in [0.2, 0.25) is 0 Å². The fraction of sp³-hybridized carbons (Fsp3) is 0.727. The van der Waals surface area contributed by atoms with Gasteiger partial charge in [-0.3, -0.25) is 9.63 Å². The lowest BCUT2D eigenvalue weighted by Crippen LogP contribution is -2.51. The molecule has 4 amide bonds. The summed E-state index contributed by atoms with van der Waals surface area (Å²) in [5.74, 6) is -1.84. The predicted octanol–water partition coefficient (Wildman–Crippen LogP) is 1.90. The van der Waals surface area contributed by atoms with E-state index in [-0.39, 0.29) is 27.2 Å². The number of rotatable bonds is 8. The second-order valence-corrected chi connectivity index (χ2v) is 9.56. The molecule has 4 atom stereocenters. The molecule has 13 heteroatoms. The van der Waals surface area contributed by atoms with Crippen LogP contribution in [0.5, 0.6) is 0 Å². The molecule has 12 nitrogen and oxygen atoms in total. The molecule has 198 valence electrons. The Balaban J connectivity index is 0.00000456. The molecule has 2 bridgehead atoms. The number of carbonyl (C=O) groups is 4. The van der Waals surface area contributed by atoms with Gasteiger partial charge in [-0.25, -0.2) is 29.1 Å². The highest BCUT2D eigenvalue weighted by molar-refractivity contribution is 5.91. The van der Waals surface area contributed by atoms with E-state index in [0.717, 1.165) is 11.5 Å². The number of halogens is 1. The molecule has 0 saturated carbocycles. The second-order valence-electron chi connectivity index (χ2n) is 9.56. The maximum atomic E-state index is 14.0. The van der Waals surface area contributed by atoms with Crippen LogP contribution in [0.2, 0.25) is 0 Å². The zero-order chi connectivity index (χ0) is 25.9. The van der Waals surface area contributed by atoms with Crippen LogP contribution in [0.4, 0.5) is 14.0 Å². The van der Waals surface area contributed by atoms with E-state index in [9.17, 15) is 23.6 Å². The number of carbonyl (C=O) groups excluding carboxylic acids is 4. The Morgan fingerprint density at radius 3 is 2.69 bits per heavy atom. The van der Waals surface area contributed by atoms with E-state index >= 15 is 0 Å². The summed E-state index contributed by atoms with van der Waals surface area (Å²) >= 11 is 0. The molecule has 2 saturated heterocycles. The molecule has 0 aliphatic carbocycles. The van der Waals surface area contributed by atoms with Gasteiger partial charge in [0.15, 0.2) is 0 Å². The van der Waals surface area contributed by atoms with Crippen molar-refractivity contribution in [2.45, 2.75) is 77.5 Å². The van der Waals surface area contributed by atoms with E-state index in [1.54, 1.807) is 38.7 Å². The average Bonchev–Trinajstić information content (AvgIpc) is 3.32. The fourth-order valence-electron chi connectivity index (χ4n) is 4.26. The monoisotopic (exact) mass is 502 g/mol. The van der Waals surface area contributed by atoms with Gasteiger partial charge in [-0.05, 0) is 53.0 Å². The number of likely N-dealkylation sites (tertiary alicyclic amines) is 1. The van der Waals surface area contributed by atoms with Gasteiger partial charge in [0.1, 0.15) is 11.6 Å². The highest BCUT2D eigenvalue weighted by Gasteiger charge is 2.49. The van der Waals surface area contributed by atoms with E-state index in [1.165, 1.54) is 11.8 Å². The summed E-state index contributed by atoms with van der Waals surface area (Å²) in [6.45, 7) is 9.14. The van der Waals surface area contributed by atoms with Crippen molar-refractivity contribution in [3.8, 4) is 0 Å². The molecule has 1 N–H and O–H groups in total. The van der Waals surface area contributed by atoms with Crippen molar-refractivity contribution >= 4 is 24.0 Å². The van der Waals surface area contributed by atoms with Crippen LogP contribution in [0.15, 0.2) is 11.6 Å². The lowest BCUT2D eigenvalue weighted by molar-refractivity contribution is -0.223. The molecule has 2 fully saturated rings. The number of fused-ring (bicyclic) bond motifs is 2. The molecule has 0 radical (unpaired) electrons. The molecule has 0 aromatic carbocycles. The first kappa shape index (κ1) is 26.7. The number of hydrogen-bond donors (Lipinski definition) is 1. The number of hydroxylamine groups is 3. The van der Waals surface area contributed by atoms with E-state index in [0.29, 0.717) is 18.5 Å². The van der Waals surface area contributed by atoms with Crippen LogP contribution in [-0.4, -0.2) is 95.3 Å². The van der Waals surface area contributed by atoms with Gasteiger partial charge < -0.3 is 19.3 Å². The Labute approximate surface area is 204 Å². The highest BCUT2D eigenvalue weighted by atomic mass is 19.1. The zero-order valence-electron chi connectivity index (χ0n) is 20.6. The van der Waals surface area contributed by atoms with Gasteiger partial charge in [0.05, 0.1) is 31.8 Å². The van der Waals surface area contributed by atoms with Gasteiger partial charge in [-0.15, -0.1) is 0 Å². The summed E-state index contributed by atoms with van der Waals surface area (Å²) in [6.07, 6.45) is 0.171. The molecule has 3 aliphatic rings. The number of urea groups is 1. The number of ether oxygens (including phenoxy) is 2. The molecule has 0 spiro atoms. The SMILES string of the molecule is CCOC(=O)[C@H](F)ON1C(=O)N2C[C@H]1C=C(C)[C@H]2C(=O)NOC[C@@H]1CCCN1C(=O)OC(C)(C)C.[HH]. The Morgan fingerprint density at radius 1 is 1.31 bits per heavy atom. The Bertz CT molecular complexity index is 883. The predicted molar refractivity (Wildman–Crippen MR) is 120 cm³/mol. The first-order valence-electron chi connectivity index (χ1n) is 11.6. The highest BCUT2D eigenvalue weighted by Crippen LogP contribution is 2.30. The van der Waals surface area contributed by atoms with Crippen LogP contribution in [0.25, 0.3) is 0 Å². The van der Waals surface area contributed by atoms with E-state index < -0.39 is 48.0 Å². The standard InChI is InChI=1S/C22H33FN4O8.H2/c1-6-32-19(29)17(23)35-27-15-10-13(2)16(26(11-15)20(27)30)18(28)24-33-12-14-8-7-9-25(14)21(31)34-22(3,4)5;/h10,14-17H,6-9,11-12H2,1-5H3,(H,24,28);1H/t14-,15+,16-,17+;/m0./s1. The largest absolute Gasteiger partial charge is 0.462 e. The molecule has 3 heterocycles. The maximum absolute atomic E-state index is 14.0. The minimum atomic E-state index is -2.47. The number of esters is 1. The average molecular weight is 503 g/mol. The molecule has 0 aromatic heterocycles. The molecule has 0 unspecified atom stereocenters. The topological polar surface area (TPSA) is 127 Å². The summed E-state index contributed by atoms with van der Waals surface area (Å²) in [6, 6.07) is -2.69. The number of hydrogen-bond acceptors (Lipinski definition) is 8. The lowest BCUT2D eigenvalue weighted by Gasteiger charge is -2.30. The van der Waals surface area contributed by atoms with Crippen molar-refractivity contribution in [3.63, 3.8) is 0 Å². The Morgan fingerprint density at radius 2 is 2.03 bits per heavy atom. The van der Waals surface area contributed by atoms with Gasteiger partial charge in [0.25, 0.3) is 5.91 Å². The van der Waals surface area contributed by atoms with Crippen molar-refractivity contribution in [2.75, 3.05) is 26.3 Å². The number of alkyl halides is 1. The summed E-state index contributed by atoms with van der Waals surface area (Å²) in [4.78, 5) is 62.6. The van der Waals surface area contributed by atoms with Gasteiger partial charge in [-0.2, -0.15) is 5.06 Å². The van der Waals surface area contributed by atoms with Crippen LogP contribution in [0.3, 0.4) is 0 Å². The third kappa shape index (κ3) is 6.20. The normalized spacial score (nSPS) is 24.9. The van der Waals surface area contributed by atoms with Crippen molar-refractivity contribution in [1.82, 2.24) is 20.3 Å². The Kier molecular flexibility index (Phi) is 8.21.